The van der Waals surface area contributed by atoms with Crippen molar-refractivity contribution in [2.24, 2.45) is 11.8 Å². The number of nitriles is 1. The number of nitrogens with one attached hydrogen (secondary N) is 1. The average Bonchev–Trinajstić information content (AvgIpc) is 3.14. The highest BCUT2D eigenvalue weighted by Crippen LogP contribution is 2.30. The highest BCUT2D eigenvalue weighted by molar-refractivity contribution is 7.19. The molecule has 6 heteroatoms. The van der Waals surface area contributed by atoms with Crippen molar-refractivity contribution in [2.45, 2.75) is 6.92 Å². The molecule has 1 saturated heterocycles. The number of carbonyl (C=O) groups excluding carboxylic acids is 1. The molecule has 2 aromatic rings. The van der Waals surface area contributed by atoms with Crippen LogP contribution in [0.2, 0.25) is 0 Å². The fourth-order valence-corrected chi connectivity index (χ4v) is 3.48. The molecule has 1 amide bonds. The van der Waals surface area contributed by atoms with E-state index in [2.05, 4.69) is 16.5 Å². The van der Waals surface area contributed by atoms with Crippen LogP contribution in [-0.4, -0.2) is 28.9 Å². The third-order valence-corrected chi connectivity index (χ3v) is 4.85. The molecule has 0 saturated carbocycles. The van der Waals surface area contributed by atoms with Gasteiger partial charge in [0.05, 0.1) is 10.8 Å². The van der Waals surface area contributed by atoms with E-state index in [1.807, 2.05) is 37.3 Å². The van der Waals surface area contributed by atoms with Gasteiger partial charge in [0.2, 0.25) is 5.91 Å². The van der Waals surface area contributed by atoms with Gasteiger partial charge < -0.3 is 10.2 Å². The first-order chi connectivity index (χ1) is 10.7. The van der Waals surface area contributed by atoms with Crippen LogP contribution in [0.5, 0.6) is 0 Å². The lowest BCUT2D eigenvalue weighted by Gasteiger charge is -2.11. The molecule has 1 aromatic heterocycles. The van der Waals surface area contributed by atoms with E-state index in [9.17, 15) is 4.79 Å². The van der Waals surface area contributed by atoms with Crippen LogP contribution >= 0.6 is 11.3 Å². The van der Waals surface area contributed by atoms with Crippen molar-refractivity contribution in [1.82, 2.24) is 9.88 Å². The number of aromatic nitrogens is 1. The van der Waals surface area contributed by atoms with Crippen LogP contribution in [0.1, 0.15) is 6.92 Å². The smallest absolute Gasteiger partial charge is 0.231 e. The van der Waals surface area contributed by atoms with Crippen molar-refractivity contribution in [3.63, 3.8) is 0 Å². The van der Waals surface area contributed by atoms with Crippen molar-refractivity contribution in [1.29, 1.82) is 5.26 Å². The van der Waals surface area contributed by atoms with Crippen molar-refractivity contribution in [2.75, 3.05) is 18.4 Å². The quantitative estimate of drug-likeness (QED) is 0.885. The first-order valence-electron chi connectivity index (χ1n) is 7.14. The number of anilines is 1. The predicted molar refractivity (Wildman–Crippen MR) is 86.0 cm³/mol. The lowest BCUT2D eigenvalue weighted by molar-refractivity contribution is -0.120. The Labute approximate surface area is 133 Å². The van der Waals surface area contributed by atoms with Crippen LogP contribution < -0.4 is 5.32 Å². The molecule has 112 valence electrons. The minimum atomic E-state index is -0.163. The number of amides is 1. The van der Waals surface area contributed by atoms with Crippen molar-refractivity contribution in [3.8, 4) is 16.6 Å². The molecule has 22 heavy (non-hydrogen) atoms. The van der Waals surface area contributed by atoms with Gasteiger partial charge in [0.15, 0.2) is 11.3 Å². The molecule has 0 spiro atoms. The Hall–Kier alpha value is -2.39. The topological polar surface area (TPSA) is 69.0 Å². The van der Waals surface area contributed by atoms with Gasteiger partial charge in [-0.3, -0.25) is 4.79 Å². The molecule has 1 aliphatic rings. The van der Waals surface area contributed by atoms with E-state index >= 15 is 0 Å². The Kier molecular flexibility index (Phi) is 4.07. The average molecular weight is 312 g/mol. The number of thiazole rings is 1. The van der Waals surface area contributed by atoms with Crippen molar-refractivity contribution in [3.05, 3.63) is 36.5 Å². The van der Waals surface area contributed by atoms with Gasteiger partial charge in [-0.1, -0.05) is 48.6 Å². The molecular formula is C16H16N4OS. The Bertz CT molecular complexity index is 706. The summed E-state index contributed by atoms with van der Waals surface area (Å²) in [5.41, 5.74) is 1.09. The minimum Gasteiger partial charge on any atom is -0.310 e. The summed E-state index contributed by atoms with van der Waals surface area (Å²) in [4.78, 5) is 19.3. The predicted octanol–water partition coefficient (Wildman–Crippen LogP) is 2.80. The first kappa shape index (κ1) is 14.5. The molecule has 2 heterocycles. The van der Waals surface area contributed by atoms with Crippen LogP contribution in [-0.2, 0) is 4.79 Å². The van der Waals surface area contributed by atoms with Crippen molar-refractivity contribution < 1.29 is 4.79 Å². The largest absolute Gasteiger partial charge is 0.310 e. The zero-order chi connectivity index (χ0) is 15.5. The fourth-order valence-electron chi connectivity index (χ4n) is 2.66. The van der Waals surface area contributed by atoms with Gasteiger partial charge in [0.1, 0.15) is 0 Å². The normalized spacial score (nSPS) is 20.6. The SMILES string of the molecule is CC1CN(C#N)CC1C(=O)Nc1ncc(-c2ccccc2)s1. The maximum Gasteiger partial charge on any atom is 0.231 e. The molecule has 2 unspecified atom stereocenters. The summed E-state index contributed by atoms with van der Waals surface area (Å²) in [6, 6.07) is 9.95. The monoisotopic (exact) mass is 312 g/mol. The van der Waals surface area contributed by atoms with Crippen LogP contribution in [0.4, 0.5) is 5.13 Å². The van der Waals surface area contributed by atoms with Gasteiger partial charge in [-0.15, -0.1) is 0 Å². The summed E-state index contributed by atoms with van der Waals surface area (Å²) in [5, 5.41) is 12.4. The Morgan fingerprint density at radius 3 is 2.86 bits per heavy atom. The fraction of sp³-hybridized carbons (Fsp3) is 0.312. The second kappa shape index (κ2) is 6.16. The molecule has 1 fully saturated rings. The lowest BCUT2D eigenvalue weighted by atomic mass is 9.97. The third kappa shape index (κ3) is 2.95. The van der Waals surface area contributed by atoms with E-state index in [0.29, 0.717) is 18.2 Å². The van der Waals surface area contributed by atoms with E-state index in [4.69, 9.17) is 5.26 Å². The maximum atomic E-state index is 12.4. The van der Waals surface area contributed by atoms with Crippen LogP contribution in [0.25, 0.3) is 10.4 Å². The summed E-state index contributed by atoms with van der Waals surface area (Å²) in [6.45, 7) is 3.13. The summed E-state index contributed by atoms with van der Waals surface area (Å²) in [7, 11) is 0. The number of likely N-dealkylation sites (tertiary alicyclic amines) is 1. The van der Waals surface area contributed by atoms with Gasteiger partial charge in [-0.2, -0.15) is 5.26 Å². The molecule has 1 aliphatic heterocycles. The third-order valence-electron chi connectivity index (χ3n) is 3.88. The second-order valence-electron chi connectivity index (χ2n) is 5.47. The molecule has 3 rings (SSSR count). The second-order valence-corrected chi connectivity index (χ2v) is 6.50. The van der Waals surface area contributed by atoms with E-state index < -0.39 is 0 Å². The highest BCUT2D eigenvalue weighted by atomic mass is 32.1. The van der Waals surface area contributed by atoms with E-state index in [-0.39, 0.29) is 17.7 Å². The first-order valence-corrected chi connectivity index (χ1v) is 7.96. The van der Waals surface area contributed by atoms with Gasteiger partial charge in [0, 0.05) is 19.3 Å². The lowest BCUT2D eigenvalue weighted by Crippen LogP contribution is -2.27. The van der Waals surface area contributed by atoms with E-state index in [0.717, 1.165) is 10.4 Å². The Morgan fingerprint density at radius 2 is 2.18 bits per heavy atom. The van der Waals surface area contributed by atoms with Gasteiger partial charge in [0.25, 0.3) is 0 Å². The number of carbonyl (C=O) groups is 1. The Morgan fingerprint density at radius 1 is 1.41 bits per heavy atom. The molecule has 5 nitrogen and oxygen atoms in total. The van der Waals surface area contributed by atoms with Crippen LogP contribution in [0, 0.1) is 23.3 Å². The molecule has 2 atom stereocenters. The molecular weight excluding hydrogens is 296 g/mol. The molecule has 1 aromatic carbocycles. The standard InChI is InChI=1S/C16H16N4OS/c1-11-8-20(10-17)9-13(11)15(21)19-16-18-7-14(22-16)12-5-3-2-4-6-12/h2-7,11,13H,8-9H2,1H3,(H,18,19,21). The van der Waals surface area contributed by atoms with Gasteiger partial charge >= 0.3 is 0 Å². The van der Waals surface area contributed by atoms with Crippen LogP contribution in [0.15, 0.2) is 36.5 Å². The summed E-state index contributed by atoms with van der Waals surface area (Å²) >= 11 is 1.46. The summed E-state index contributed by atoms with van der Waals surface area (Å²) in [6.07, 6.45) is 3.88. The Balaban J connectivity index is 1.68. The highest BCUT2D eigenvalue weighted by Gasteiger charge is 2.34. The number of hydrogen-bond donors (Lipinski definition) is 1. The molecule has 0 bridgehead atoms. The van der Waals surface area contributed by atoms with Crippen LogP contribution in [0.3, 0.4) is 0 Å². The maximum absolute atomic E-state index is 12.4. The number of hydrogen-bond acceptors (Lipinski definition) is 5. The number of nitrogens with zero attached hydrogens (tertiary/aromatic N) is 3. The van der Waals surface area contributed by atoms with E-state index in [1.165, 1.54) is 11.3 Å². The zero-order valence-corrected chi connectivity index (χ0v) is 13.0. The number of benzene rings is 1. The van der Waals surface area contributed by atoms with Gasteiger partial charge in [-0.25, -0.2) is 4.98 Å². The zero-order valence-electron chi connectivity index (χ0n) is 12.2. The molecule has 1 N–H and O–H groups in total. The molecule has 0 aliphatic carbocycles. The van der Waals surface area contributed by atoms with Gasteiger partial charge in [-0.05, 0) is 11.5 Å². The molecule has 0 radical (unpaired) electrons. The number of rotatable bonds is 3. The van der Waals surface area contributed by atoms with E-state index in [1.54, 1.807) is 11.1 Å². The summed E-state index contributed by atoms with van der Waals surface area (Å²) < 4.78 is 0. The van der Waals surface area contributed by atoms with Crippen molar-refractivity contribution >= 4 is 22.4 Å². The minimum absolute atomic E-state index is 0.0563. The summed E-state index contributed by atoms with van der Waals surface area (Å²) in [5.74, 6) is -0.0452.